The second-order valence-electron chi connectivity index (χ2n) is 5.92. The predicted octanol–water partition coefficient (Wildman–Crippen LogP) is 3.97. The molecule has 0 saturated heterocycles. The van der Waals surface area contributed by atoms with Gasteiger partial charge in [-0.05, 0) is 35.9 Å². The Bertz CT molecular complexity index is 950. The van der Waals surface area contributed by atoms with Crippen LogP contribution in [0.3, 0.4) is 0 Å². The Hall–Kier alpha value is -3.47. The van der Waals surface area contributed by atoms with Crippen LogP contribution in [-0.4, -0.2) is 19.7 Å². The third-order valence-corrected chi connectivity index (χ3v) is 4.01. The lowest BCUT2D eigenvalue weighted by molar-refractivity contribution is 0.301. The maximum Gasteiger partial charge on any atom is 0.130 e. The summed E-state index contributed by atoms with van der Waals surface area (Å²) in [5.41, 5.74) is 4.21. The highest BCUT2D eigenvalue weighted by Gasteiger charge is 2.03. The molecule has 0 amide bonds. The molecular formula is C21H18N4O. The third-order valence-electron chi connectivity index (χ3n) is 4.01. The van der Waals surface area contributed by atoms with E-state index in [0.29, 0.717) is 13.2 Å². The minimum absolute atomic E-state index is 0.466. The van der Waals surface area contributed by atoms with E-state index in [1.165, 1.54) is 0 Å². The first kappa shape index (κ1) is 16.0. The minimum Gasteiger partial charge on any atom is -0.487 e. The Morgan fingerprint density at radius 3 is 2.54 bits per heavy atom. The van der Waals surface area contributed by atoms with Crippen LogP contribution in [0.2, 0.25) is 0 Å². The van der Waals surface area contributed by atoms with Crippen molar-refractivity contribution < 1.29 is 4.74 Å². The highest BCUT2D eigenvalue weighted by atomic mass is 16.5. The molecule has 0 atom stereocenters. The van der Waals surface area contributed by atoms with E-state index in [2.05, 4.69) is 27.2 Å². The van der Waals surface area contributed by atoms with Gasteiger partial charge in [0, 0.05) is 35.9 Å². The van der Waals surface area contributed by atoms with Crippen LogP contribution in [0.4, 0.5) is 0 Å². The van der Waals surface area contributed by atoms with Gasteiger partial charge >= 0.3 is 0 Å². The molecular weight excluding hydrogens is 324 g/mol. The summed E-state index contributed by atoms with van der Waals surface area (Å²) in [5.74, 6) is 0.830. The van der Waals surface area contributed by atoms with Crippen molar-refractivity contribution in [2.45, 2.75) is 13.2 Å². The molecule has 128 valence electrons. The van der Waals surface area contributed by atoms with Crippen molar-refractivity contribution in [2.24, 2.45) is 0 Å². The first-order chi connectivity index (χ1) is 12.9. The average molecular weight is 342 g/mol. The summed E-state index contributed by atoms with van der Waals surface area (Å²) in [6.07, 6.45) is 9.27. The van der Waals surface area contributed by atoms with Crippen molar-refractivity contribution in [1.82, 2.24) is 19.7 Å². The van der Waals surface area contributed by atoms with Crippen LogP contribution in [0.25, 0.3) is 11.1 Å². The van der Waals surface area contributed by atoms with Gasteiger partial charge in [0.1, 0.15) is 12.4 Å². The monoisotopic (exact) mass is 342 g/mol. The van der Waals surface area contributed by atoms with Crippen LogP contribution in [0.5, 0.6) is 5.75 Å². The van der Waals surface area contributed by atoms with E-state index >= 15 is 0 Å². The molecule has 5 nitrogen and oxygen atoms in total. The number of nitrogens with zero attached hydrogens (tertiary/aromatic N) is 4. The molecule has 5 heteroatoms. The molecule has 3 aromatic heterocycles. The van der Waals surface area contributed by atoms with Crippen LogP contribution >= 0.6 is 0 Å². The summed E-state index contributed by atoms with van der Waals surface area (Å²) < 4.78 is 7.69. The number of ether oxygens (including phenoxy) is 1. The molecule has 0 spiro atoms. The molecule has 0 aliphatic carbocycles. The van der Waals surface area contributed by atoms with Crippen LogP contribution in [-0.2, 0) is 13.2 Å². The number of aromatic nitrogens is 4. The Balaban J connectivity index is 1.38. The highest BCUT2D eigenvalue weighted by Crippen LogP contribution is 2.18. The Labute approximate surface area is 151 Å². The molecule has 4 rings (SSSR count). The van der Waals surface area contributed by atoms with Crippen molar-refractivity contribution in [2.75, 3.05) is 0 Å². The number of benzene rings is 1. The molecule has 0 fully saturated rings. The molecule has 4 aromatic rings. The quantitative estimate of drug-likeness (QED) is 0.532. The molecule has 0 N–H and O–H groups in total. The second kappa shape index (κ2) is 7.61. The molecule has 0 bridgehead atoms. The molecule has 0 unspecified atom stereocenters. The van der Waals surface area contributed by atoms with E-state index in [1.54, 1.807) is 12.4 Å². The van der Waals surface area contributed by atoms with Gasteiger partial charge in [-0.25, -0.2) is 0 Å². The highest BCUT2D eigenvalue weighted by molar-refractivity contribution is 5.60. The first-order valence-corrected chi connectivity index (χ1v) is 8.41. The van der Waals surface area contributed by atoms with Gasteiger partial charge in [-0.15, -0.1) is 0 Å². The van der Waals surface area contributed by atoms with Crippen molar-refractivity contribution >= 4 is 0 Å². The lowest BCUT2D eigenvalue weighted by Crippen LogP contribution is -2.00. The van der Waals surface area contributed by atoms with Crippen LogP contribution in [0.15, 0.2) is 85.6 Å². The standard InChI is InChI=1S/C21H18N4O/c1-2-11-23-20(5-1)16-26-21-8-6-17(7-9-21)14-25-15-19(13-24-25)18-4-3-10-22-12-18/h1-13,15H,14,16H2. The molecule has 3 heterocycles. The minimum atomic E-state index is 0.466. The summed E-state index contributed by atoms with van der Waals surface area (Å²) in [4.78, 5) is 8.40. The first-order valence-electron chi connectivity index (χ1n) is 8.41. The SMILES string of the molecule is c1ccc(COc2ccc(Cn3cc(-c4cccnc4)cn3)cc2)nc1. The van der Waals surface area contributed by atoms with E-state index in [9.17, 15) is 0 Å². The fourth-order valence-electron chi connectivity index (χ4n) is 2.65. The van der Waals surface area contributed by atoms with E-state index in [1.807, 2.05) is 65.7 Å². The van der Waals surface area contributed by atoms with Gasteiger partial charge in [0.2, 0.25) is 0 Å². The Morgan fingerprint density at radius 1 is 0.846 bits per heavy atom. The lowest BCUT2D eigenvalue weighted by atomic mass is 10.2. The van der Waals surface area contributed by atoms with Gasteiger partial charge in [0.25, 0.3) is 0 Å². The smallest absolute Gasteiger partial charge is 0.130 e. The average Bonchev–Trinajstić information content (AvgIpc) is 3.17. The molecule has 0 aliphatic heterocycles. The van der Waals surface area contributed by atoms with Gasteiger partial charge in [-0.1, -0.05) is 24.3 Å². The molecule has 0 saturated carbocycles. The van der Waals surface area contributed by atoms with Gasteiger partial charge in [-0.3, -0.25) is 14.6 Å². The zero-order chi connectivity index (χ0) is 17.6. The maximum atomic E-state index is 5.77. The number of hydrogen-bond donors (Lipinski definition) is 0. The molecule has 1 aromatic carbocycles. The topological polar surface area (TPSA) is 52.8 Å². The zero-order valence-electron chi connectivity index (χ0n) is 14.2. The fraction of sp³-hybridized carbons (Fsp3) is 0.0952. The predicted molar refractivity (Wildman–Crippen MR) is 99.6 cm³/mol. The van der Waals surface area contributed by atoms with Crippen molar-refractivity contribution in [3.8, 4) is 16.9 Å². The van der Waals surface area contributed by atoms with Crippen LogP contribution in [0, 0.1) is 0 Å². The third kappa shape index (κ3) is 3.95. The lowest BCUT2D eigenvalue weighted by Gasteiger charge is -2.07. The van der Waals surface area contributed by atoms with Crippen LogP contribution < -0.4 is 4.74 Å². The molecule has 26 heavy (non-hydrogen) atoms. The number of pyridine rings is 2. The normalized spacial score (nSPS) is 10.6. The van der Waals surface area contributed by atoms with Gasteiger partial charge in [0.15, 0.2) is 0 Å². The second-order valence-corrected chi connectivity index (χ2v) is 5.92. The summed E-state index contributed by atoms with van der Waals surface area (Å²) >= 11 is 0. The van der Waals surface area contributed by atoms with E-state index in [4.69, 9.17) is 4.74 Å². The van der Waals surface area contributed by atoms with Crippen molar-refractivity contribution in [3.05, 3.63) is 96.8 Å². The van der Waals surface area contributed by atoms with E-state index < -0.39 is 0 Å². The fourth-order valence-corrected chi connectivity index (χ4v) is 2.65. The largest absolute Gasteiger partial charge is 0.487 e. The van der Waals surface area contributed by atoms with E-state index in [-0.39, 0.29) is 0 Å². The number of rotatable bonds is 6. The summed E-state index contributed by atoms with van der Waals surface area (Å²) in [5, 5.41) is 4.44. The van der Waals surface area contributed by atoms with Gasteiger partial charge in [-0.2, -0.15) is 5.10 Å². The summed E-state index contributed by atoms with van der Waals surface area (Å²) in [7, 11) is 0. The summed E-state index contributed by atoms with van der Waals surface area (Å²) in [6.45, 7) is 1.18. The molecule has 0 aliphatic rings. The van der Waals surface area contributed by atoms with Crippen LogP contribution in [0.1, 0.15) is 11.3 Å². The van der Waals surface area contributed by atoms with E-state index in [0.717, 1.165) is 28.1 Å². The molecule has 0 radical (unpaired) electrons. The zero-order valence-corrected chi connectivity index (χ0v) is 14.2. The Kier molecular flexibility index (Phi) is 4.69. The number of hydrogen-bond acceptors (Lipinski definition) is 4. The van der Waals surface area contributed by atoms with Crippen molar-refractivity contribution in [1.29, 1.82) is 0 Å². The summed E-state index contributed by atoms with van der Waals surface area (Å²) in [6, 6.07) is 17.8. The van der Waals surface area contributed by atoms with Crippen molar-refractivity contribution in [3.63, 3.8) is 0 Å². The Morgan fingerprint density at radius 2 is 1.77 bits per heavy atom. The van der Waals surface area contributed by atoms with Gasteiger partial charge in [0.05, 0.1) is 18.4 Å². The maximum absolute atomic E-state index is 5.77. The van der Waals surface area contributed by atoms with Gasteiger partial charge < -0.3 is 4.74 Å².